The molecule has 0 bridgehead atoms. The van der Waals surface area contributed by atoms with Gasteiger partial charge < -0.3 is 4.74 Å². The minimum Gasteiger partial charge on any atom is -0.456 e. The summed E-state index contributed by atoms with van der Waals surface area (Å²) in [6.45, 7) is 0. The van der Waals surface area contributed by atoms with Gasteiger partial charge in [0.05, 0.1) is 4.90 Å². The third-order valence-corrected chi connectivity index (χ3v) is 3.89. The van der Waals surface area contributed by atoms with Gasteiger partial charge in [0, 0.05) is 0 Å². The van der Waals surface area contributed by atoms with E-state index in [2.05, 4.69) is 4.98 Å². The maximum Gasteiger partial charge on any atom is 0.168 e. The summed E-state index contributed by atoms with van der Waals surface area (Å²) in [6, 6.07) is 22.8. The van der Waals surface area contributed by atoms with Crippen molar-refractivity contribution in [3.8, 4) is 11.5 Å². The first-order valence-corrected chi connectivity index (χ1v) is 7.59. The Morgan fingerprint density at radius 2 is 1.64 bits per heavy atom. The Morgan fingerprint density at radius 3 is 2.45 bits per heavy atom. The van der Waals surface area contributed by atoms with Crippen LogP contribution in [0.2, 0.25) is 0 Å². The number of carbonyl (C=O) groups excluding carboxylic acids is 1. The Hall–Kier alpha value is -2.59. The van der Waals surface area contributed by atoms with E-state index in [0.717, 1.165) is 27.7 Å². The number of benzene rings is 2. The van der Waals surface area contributed by atoms with Crippen LogP contribution in [0.5, 0.6) is 11.5 Å². The molecule has 0 unspecified atom stereocenters. The lowest BCUT2D eigenvalue weighted by molar-refractivity contribution is 0.111. The number of ether oxygens (including phenoxy) is 1. The van der Waals surface area contributed by atoms with Crippen molar-refractivity contribution in [1.29, 1.82) is 0 Å². The van der Waals surface area contributed by atoms with Gasteiger partial charge in [-0.15, -0.1) is 0 Å². The number of pyridine rings is 1. The number of nitrogens with zero attached hydrogens (tertiary/aromatic N) is 1. The number of hydrogen-bond donors (Lipinski definition) is 0. The van der Waals surface area contributed by atoms with E-state index in [1.165, 1.54) is 11.8 Å². The first-order valence-electron chi connectivity index (χ1n) is 6.77. The summed E-state index contributed by atoms with van der Waals surface area (Å²) in [7, 11) is 0. The van der Waals surface area contributed by atoms with Crippen LogP contribution in [-0.4, -0.2) is 11.3 Å². The lowest BCUT2D eigenvalue weighted by Crippen LogP contribution is -1.89. The average molecular weight is 307 g/mol. The normalized spacial score (nSPS) is 10.2. The van der Waals surface area contributed by atoms with Crippen LogP contribution < -0.4 is 4.74 Å². The molecule has 0 saturated heterocycles. The van der Waals surface area contributed by atoms with Crippen LogP contribution in [0.25, 0.3) is 0 Å². The third-order valence-electron chi connectivity index (χ3n) is 2.90. The summed E-state index contributed by atoms with van der Waals surface area (Å²) in [4.78, 5) is 16.0. The fraction of sp³-hybridized carbons (Fsp3) is 0. The van der Waals surface area contributed by atoms with Gasteiger partial charge in [-0.2, -0.15) is 0 Å². The van der Waals surface area contributed by atoms with Crippen LogP contribution in [-0.2, 0) is 0 Å². The van der Waals surface area contributed by atoms with Crippen molar-refractivity contribution in [2.24, 2.45) is 0 Å². The zero-order chi connectivity index (χ0) is 15.2. The van der Waals surface area contributed by atoms with Gasteiger partial charge in [-0.05, 0) is 36.4 Å². The molecule has 0 saturated carbocycles. The van der Waals surface area contributed by atoms with Gasteiger partial charge in [0.2, 0.25) is 0 Å². The number of para-hydroxylation sites is 2. The number of carbonyl (C=O) groups is 1. The van der Waals surface area contributed by atoms with Crippen LogP contribution in [0.15, 0.2) is 82.7 Å². The molecule has 2 aromatic carbocycles. The molecular weight excluding hydrogens is 294 g/mol. The molecule has 1 aromatic heterocycles. The number of hydrogen-bond acceptors (Lipinski definition) is 4. The molecular formula is C18H13NO2S. The Bertz CT molecular complexity index is 775. The maximum absolute atomic E-state index is 10.8. The largest absolute Gasteiger partial charge is 0.456 e. The van der Waals surface area contributed by atoms with Gasteiger partial charge in [0.15, 0.2) is 6.29 Å². The predicted octanol–water partition coefficient (Wildman–Crippen LogP) is 4.84. The Kier molecular flexibility index (Phi) is 4.51. The van der Waals surface area contributed by atoms with Crippen molar-refractivity contribution in [2.45, 2.75) is 9.92 Å². The second-order valence-corrected chi connectivity index (χ2v) is 5.54. The number of rotatable bonds is 5. The van der Waals surface area contributed by atoms with Crippen LogP contribution in [0.1, 0.15) is 10.5 Å². The van der Waals surface area contributed by atoms with Crippen LogP contribution in [0, 0.1) is 0 Å². The standard InChI is InChI=1S/C18H13NO2S/c20-13-14-7-6-12-18(19-14)22-17-11-5-4-10-16(17)21-15-8-2-1-3-9-15/h1-13H. The molecule has 4 heteroatoms. The van der Waals surface area contributed by atoms with Crippen molar-refractivity contribution in [3.63, 3.8) is 0 Å². The summed E-state index contributed by atoms with van der Waals surface area (Å²) in [5.41, 5.74) is 0.423. The van der Waals surface area contributed by atoms with E-state index in [-0.39, 0.29) is 0 Å². The van der Waals surface area contributed by atoms with Gasteiger partial charge in [-0.3, -0.25) is 4.79 Å². The highest BCUT2D eigenvalue weighted by atomic mass is 32.2. The maximum atomic E-state index is 10.8. The number of aldehydes is 1. The van der Waals surface area contributed by atoms with Gasteiger partial charge in [0.25, 0.3) is 0 Å². The lowest BCUT2D eigenvalue weighted by atomic mass is 10.3. The summed E-state index contributed by atoms with van der Waals surface area (Å²) < 4.78 is 5.92. The van der Waals surface area contributed by atoms with Crippen LogP contribution in [0.4, 0.5) is 0 Å². The molecule has 22 heavy (non-hydrogen) atoms. The summed E-state index contributed by atoms with van der Waals surface area (Å²) in [6.07, 6.45) is 0.746. The van der Waals surface area contributed by atoms with Crippen LogP contribution in [0.3, 0.4) is 0 Å². The van der Waals surface area contributed by atoms with Crippen molar-refractivity contribution < 1.29 is 9.53 Å². The molecule has 0 amide bonds. The van der Waals surface area contributed by atoms with Crippen molar-refractivity contribution in [1.82, 2.24) is 4.98 Å². The quantitative estimate of drug-likeness (QED) is 0.632. The Balaban J connectivity index is 1.86. The molecule has 0 radical (unpaired) electrons. The second-order valence-electron chi connectivity index (χ2n) is 4.48. The smallest absolute Gasteiger partial charge is 0.168 e. The van der Waals surface area contributed by atoms with E-state index in [4.69, 9.17) is 4.74 Å². The molecule has 0 N–H and O–H groups in total. The molecule has 3 aromatic rings. The first-order chi connectivity index (χ1) is 10.8. The van der Waals surface area contributed by atoms with Gasteiger partial charge in [0.1, 0.15) is 22.2 Å². The summed E-state index contributed by atoms with van der Waals surface area (Å²) in [5, 5.41) is 0.758. The highest BCUT2D eigenvalue weighted by Crippen LogP contribution is 2.36. The SMILES string of the molecule is O=Cc1cccc(Sc2ccccc2Oc2ccccc2)n1. The summed E-state index contributed by atoms with van der Waals surface area (Å²) in [5.74, 6) is 1.54. The molecule has 3 nitrogen and oxygen atoms in total. The zero-order valence-corrected chi connectivity index (χ0v) is 12.5. The van der Waals surface area contributed by atoms with Gasteiger partial charge >= 0.3 is 0 Å². The van der Waals surface area contributed by atoms with E-state index in [1.54, 1.807) is 6.07 Å². The molecule has 0 aliphatic heterocycles. The molecule has 3 rings (SSSR count). The van der Waals surface area contributed by atoms with Crippen molar-refractivity contribution in [3.05, 3.63) is 78.5 Å². The minimum atomic E-state index is 0.423. The predicted molar refractivity (Wildman–Crippen MR) is 86.7 cm³/mol. The first kappa shape index (κ1) is 14.4. The molecule has 0 atom stereocenters. The third kappa shape index (κ3) is 3.54. The van der Waals surface area contributed by atoms with Gasteiger partial charge in [-0.1, -0.05) is 48.2 Å². The molecule has 108 valence electrons. The van der Waals surface area contributed by atoms with Crippen molar-refractivity contribution >= 4 is 18.0 Å². The summed E-state index contributed by atoms with van der Waals surface area (Å²) >= 11 is 1.47. The van der Waals surface area contributed by atoms with E-state index in [1.807, 2.05) is 66.7 Å². The second kappa shape index (κ2) is 6.91. The van der Waals surface area contributed by atoms with Crippen LogP contribution >= 0.6 is 11.8 Å². The average Bonchev–Trinajstić information content (AvgIpc) is 2.58. The Morgan fingerprint density at radius 1 is 0.864 bits per heavy atom. The Labute approximate surface area is 133 Å². The molecule has 1 heterocycles. The fourth-order valence-corrected chi connectivity index (χ4v) is 2.78. The monoisotopic (exact) mass is 307 g/mol. The zero-order valence-electron chi connectivity index (χ0n) is 11.7. The minimum absolute atomic E-state index is 0.423. The highest BCUT2D eigenvalue weighted by molar-refractivity contribution is 7.99. The highest BCUT2D eigenvalue weighted by Gasteiger charge is 2.07. The van der Waals surface area contributed by atoms with E-state index < -0.39 is 0 Å². The molecule has 0 fully saturated rings. The lowest BCUT2D eigenvalue weighted by Gasteiger charge is -2.10. The topological polar surface area (TPSA) is 39.2 Å². The van der Waals surface area contributed by atoms with E-state index in [9.17, 15) is 4.79 Å². The fourth-order valence-electron chi connectivity index (χ4n) is 1.90. The molecule has 0 aliphatic rings. The van der Waals surface area contributed by atoms with E-state index in [0.29, 0.717) is 5.69 Å². The molecule has 0 spiro atoms. The number of aromatic nitrogens is 1. The van der Waals surface area contributed by atoms with E-state index >= 15 is 0 Å². The molecule has 0 aliphatic carbocycles. The van der Waals surface area contributed by atoms with Crippen molar-refractivity contribution in [2.75, 3.05) is 0 Å². The van der Waals surface area contributed by atoms with Gasteiger partial charge in [-0.25, -0.2) is 4.98 Å².